The Labute approximate surface area is 186 Å². The van der Waals surface area contributed by atoms with Crippen LogP contribution in [0.3, 0.4) is 0 Å². The molecule has 33 heavy (non-hydrogen) atoms. The maximum Gasteiger partial charge on any atom is 0.339 e. The van der Waals surface area contributed by atoms with Crippen molar-refractivity contribution in [3.05, 3.63) is 73.8 Å². The third kappa shape index (κ3) is 6.92. The highest BCUT2D eigenvalue weighted by atomic mass is 16.6. The van der Waals surface area contributed by atoms with Gasteiger partial charge < -0.3 is 10.1 Å². The highest BCUT2D eigenvalue weighted by molar-refractivity contribution is 6.08. The molecule has 2 aromatic rings. The minimum absolute atomic E-state index is 0.0342. The van der Waals surface area contributed by atoms with Crippen LogP contribution in [-0.4, -0.2) is 40.5 Å². The number of ether oxygens (including phenoxy) is 1. The van der Waals surface area contributed by atoms with Gasteiger partial charge in [-0.25, -0.2) is 10.2 Å². The first-order valence-corrected chi connectivity index (χ1v) is 9.33. The van der Waals surface area contributed by atoms with Gasteiger partial charge in [0.05, 0.1) is 47.1 Å². The van der Waals surface area contributed by atoms with Gasteiger partial charge in [0, 0.05) is 17.3 Å². The Hall–Kier alpha value is -4.68. The summed E-state index contributed by atoms with van der Waals surface area (Å²) in [6.07, 6.45) is -0.669. The van der Waals surface area contributed by atoms with Crippen molar-refractivity contribution < 1.29 is 29.0 Å². The van der Waals surface area contributed by atoms with E-state index in [2.05, 4.69) is 20.6 Å². The standard InChI is InChI=1S/C20H19N5O8/c1-12(9-18(26)21-16-6-4-3-5-15(16)20(28)33-2)22-23-19(27)10-13-7-8-14(24(29)30)11-17(13)25(31)32/h3-8,11H,9-10H2,1-2H3,(H,21,26)(H,23,27)/b22-12+. The Balaban J connectivity index is 2.00. The second-order valence-corrected chi connectivity index (χ2v) is 6.65. The van der Waals surface area contributed by atoms with Crippen molar-refractivity contribution >= 4 is 40.6 Å². The largest absolute Gasteiger partial charge is 0.465 e. The topological polar surface area (TPSA) is 183 Å². The van der Waals surface area contributed by atoms with Crippen LogP contribution >= 0.6 is 0 Å². The fourth-order valence-electron chi connectivity index (χ4n) is 2.70. The number of non-ortho nitro benzene ring substituents is 1. The zero-order valence-electron chi connectivity index (χ0n) is 17.6. The molecule has 13 heteroatoms. The van der Waals surface area contributed by atoms with E-state index in [1.807, 2.05) is 0 Å². The van der Waals surface area contributed by atoms with E-state index in [1.54, 1.807) is 12.1 Å². The average Bonchev–Trinajstić information content (AvgIpc) is 2.77. The zero-order chi connectivity index (χ0) is 24.5. The molecule has 0 fully saturated rings. The number of nitro groups is 2. The normalized spacial score (nSPS) is 10.8. The smallest absolute Gasteiger partial charge is 0.339 e. The maximum atomic E-state index is 12.2. The highest BCUT2D eigenvalue weighted by Crippen LogP contribution is 2.25. The van der Waals surface area contributed by atoms with Crippen LogP contribution in [0, 0.1) is 20.2 Å². The Morgan fingerprint density at radius 2 is 1.73 bits per heavy atom. The zero-order valence-corrected chi connectivity index (χ0v) is 17.6. The molecular formula is C20H19N5O8. The van der Waals surface area contributed by atoms with Gasteiger partial charge in [-0.05, 0) is 25.1 Å². The lowest BCUT2D eigenvalue weighted by Gasteiger charge is -2.09. The van der Waals surface area contributed by atoms with Crippen molar-refractivity contribution in [2.45, 2.75) is 19.8 Å². The third-order valence-corrected chi connectivity index (χ3v) is 4.22. The maximum absolute atomic E-state index is 12.2. The number of esters is 1. The molecule has 2 N–H and O–H groups in total. The minimum atomic E-state index is -0.819. The van der Waals surface area contributed by atoms with Crippen LogP contribution in [0.25, 0.3) is 0 Å². The first-order valence-electron chi connectivity index (χ1n) is 9.33. The molecule has 0 heterocycles. The van der Waals surface area contributed by atoms with E-state index >= 15 is 0 Å². The fraction of sp³-hybridized carbons (Fsp3) is 0.200. The van der Waals surface area contributed by atoms with E-state index in [4.69, 9.17) is 0 Å². The average molecular weight is 457 g/mol. The van der Waals surface area contributed by atoms with Crippen LogP contribution in [0.4, 0.5) is 17.1 Å². The number of carbonyl (C=O) groups is 3. The lowest BCUT2D eigenvalue weighted by atomic mass is 10.1. The third-order valence-electron chi connectivity index (χ3n) is 4.22. The van der Waals surface area contributed by atoms with E-state index in [1.165, 1.54) is 26.2 Å². The van der Waals surface area contributed by atoms with Gasteiger partial charge in [-0.1, -0.05) is 12.1 Å². The van der Waals surface area contributed by atoms with Crippen molar-refractivity contribution in [2.24, 2.45) is 5.10 Å². The number of hydrogen-bond donors (Lipinski definition) is 2. The SMILES string of the molecule is COC(=O)c1ccccc1NC(=O)C/C(C)=N/NC(=O)Cc1ccc([N+](=O)[O-])cc1[N+](=O)[O-]. The molecule has 0 aromatic heterocycles. The summed E-state index contributed by atoms with van der Waals surface area (Å²) in [6.45, 7) is 1.47. The minimum Gasteiger partial charge on any atom is -0.465 e. The number of benzene rings is 2. The molecule has 0 saturated carbocycles. The summed E-state index contributed by atoms with van der Waals surface area (Å²) in [5, 5.41) is 28.3. The second-order valence-electron chi connectivity index (χ2n) is 6.65. The lowest BCUT2D eigenvalue weighted by Crippen LogP contribution is -2.23. The van der Waals surface area contributed by atoms with E-state index in [0.717, 1.165) is 18.2 Å². The molecule has 13 nitrogen and oxygen atoms in total. The number of nitrogens with one attached hydrogen (secondary N) is 2. The van der Waals surface area contributed by atoms with E-state index < -0.39 is 45.4 Å². The van der Waals surface area contributed by atoms with Gasteiger partial charge in [0.15, 0.2) is 0 Å². The molecule has 2 rings (SSSR count). The van der Waals surface area contributed by atoms with E-state index in [-0.39, 0.29) is 28.9 Å². The number of methoxy groups -OCH3 is 1. The predicted octanol–water partition coefficient (Wildman–Crippen LogP) is 2.35. The number of hydrazone groups is 1. The van der Waals surface area contributed by atoms with Crippen LogP contribution in [0.2, 0.25) is 0 Å². The molecule has 0 aliphatic rings. The molecular weight excluding hydrogens is 438 g/mol. The van der Waals surface area contributed by atoms with E-state index in [0.29, 0.717) is 0 Å². The quantitative estimate of drug-likeness (QED) is 0.249. The monoisotopic (exact) mass is 457 g/mol. The molecule has 0 unspecified atom stereocenters. The van der Waals surface area contributed by atoms with Crippen molar-refractivity contribution in [3.63, 3.8) is 0 Å². The van der Waals surface area contributed by atoms with Gasteiger partial charge >= 0.3 is 5.97 Å². The van der Waals surface area contributed by atoms with Gasteiger partial charge in [-0.3, -0.25) is 29.8 Å². The number of anilines is 1. The number of carbonyl (C=O) groups excluding carboxylic acids is 3. The summed E-state index contributed by atoms with van der Waals surface area (Å²) in [5.41, 5.74) is 1.74. The Kier molecular flexibility index (Phi) is 8.26. The second kappa shape index (κ2) is 11.1. The fourth-order valence-corrected chi connectivity index (χ4v) is 2.70. The molecule has 0 radical (unpaired) electrons. The summed E-state index contributed by atoms with van der Waals surface area (Å²) in [6, 6.07) is 9.20. The molecule has 0 atom stereocenters. The van der Waals surface area contributed by atoms with Crippen LogP contribution < -0.4 is 10.7 Å². The van der Waals surface area contributed by atoms with Crippen molar-refractivity contribution in [3.8, 4) is 0 Å². The molecule has 2 amide bonds. The number of rotatable bonds is 9. The predicted molar refractivity (Wildman–Crippen MR) is 116 cm³/mol. The molecule has 0 aliphatic carbocycles. The Bertz CT molecular complexity index is 1150. The summed E-state index contributed by atoms with van der Waals surface area (Å²) < 4.78 is 4.66. The Morgan fingerprint density at radius 3 is 2.36 bits per heavy atom. The van der Waals surface area contributed by atoms with Crippen LogP contribution in [0.15, 0.2) is 47.6 Å². The van der Waals surface area contributed by atoms with Gasteiger partial charge in [0.1, 0.15) is 0 Å². The van der Waals surface area contributed by atoms with Crippen LogP contribution in [-0.2, 0) is 20.7 Å². The summed E-state index contributed by atoms with van der Waals surface area (Å²) in [7, 11) is 1.21. The number of nitrogens with zero attached hydrogens (tertiary/aromatic N) is 3. The summed E-state index contributed by atoms with van der Waals surface area (Å²) in [5.74, 6) is -1.85. The summed E-state index contributed by atoms with van der Waals surface area (Å²) in [4.78, 5) is 56.5. The Morgan fingerprint density at radius 1 is 1.03 bits per heavy atom. The number of para-hydroxylation sites is 1. The van der Waals surface area contributed by atoms with Gasteiger partial charge in [0.2, 0.25) is 11.8 Å². The van der Waals surface area contributed by atoms with Crippen LogP contribution in [0.5, 0.6) is 0 Å². The highest BCUT2D eigenvalue weighted by Gasteiger charge is 2.21. The molecule has 0 aliphatic heterocycles. The molecule has 0 spiro atoms. The number of hydrogen-bond acceptors (Lipinski definition) is 9. The molecule has 0 bridgehead atoms. The van der Waals surface area contributed by atoms with E-state index in [9.17, 15) is 34.6 Å². The molecule has 0 saturated heterocycles. The number of nitro benzene ring substituents is 2. The van der Waals surface area contributed by atoms with Gasteiger partial charge in [-0.2, -0.15) is 5.10 Å². The van der Waals surface area contributed by atoms with Gasteiger partial charge in [0.25, 0.3) is 11.4 Å². The lowest BCUT2D eigenvalue weighted by molar-refractivity contribution is -0.394. The number of amides is 2. The van der Waals surface area contributed by atoms with Crippen molar-refractivity contribution in [1.29, 1.82) is 0 Å². The summed E-state index contributed by atoms with van der Waals surface area (Å²) >= 11 is 0. The van der Waals surface area contributed by atoms with Crippen molar-refractivity contribution in [1.82, 2.24) is 5.43 Å². The van der Waals surface area contributed by atoms with Crippen LogP contribution in [0.1, 0.15) is 29.3 Å². The molecule has 172 valence electrons. The van der Waals surface area contributed by atoms with Crippen molar-refractivity contribution in [2.75, 3.05) is 12.4 Å². The molecule has 2 aromatic carbocycles. The first-order chi connectivity index (χ1) is 15.6. The van der Waals surface area contributed by atoms with Gasteiger partial charge in [-0.15, -0.1) is 0 Å². The first kappa shape index (κ1) is 24.6.